The van der Waals surface area contributed by atoms with Crippen LogP contribution in [0.5, 0.6) is 0 Å². The van der Waals surface area contributed by atoms with E-state index in [-0.39, 0.29) is 31.2 Å². The summed E-state index contributed by atoms with van der Waals surface area (Å²) in [5.41, 5.74) is 7.55. The van der Waals surface area contributed by atoms with Crippen molar-refractivity contribution < 1.29 is 14.4 Å². The molecule has 8 heteroatoms. The number of aryl methyl sites for hydroxylation is 1. The predicted octanol–water partition coefficient (Wildman–Crippen LogP) is 2.47. The molecular weight excluding hydrogens is 388 g/mol. The number of anilines is 2. The number of hydrogen-bond donors (Lipinski definition) is 3. The summed E-state index contributed by atoms with van der Waals surface area (Å²) in [7, 11) is 0. The molecule has 1 aliphatic rings. The van der Waals surface area contributed by atoms with Crippen LogP contribution in [-0.2, 0) is 14.4 Å². The minimum Gasteiger partial charge on any atom is -0.376 e. The summed E-state index contributed by atoms with van der Waals surface area (Å²) in [5, 5.41) is 2.97. The van der Waals surface area contributed by atoms with Gasteiger partial charge in [-0.3, -0.25) is 25.2 Å². The van der Waals surface area contributed by atoms with Gasteiger partial charge in [-0.15, -0.1) is 11.8 Å². The van der Waals surface area contributed by atoms with Gasteiger partial charge in [0.1, 0.15) is 0 Å². The normalized spacial score (nSPS) is 12.7. The summed E-state index contributed by atoms with van der Waals surface area (Å²) in [5.74, 6) is -0.0341. The zero-order valence-electron chi connectivity index (χ0n) is 16.2. The molecule has 0 saturated carbocycles. The third-order valence-electron chi connectivity index (χ3n) is 4.44. The van der Waals surface area contributed by atoms with Crippen LogP contribution in [0.1, 0.15) is 18.4 Å². The highest BCUT2D eigenvalue weighted by Gasteiger charge is 2.22. The zero-order chi connectivity index (χ0) is 20.6. The second-order valence-corrected chi connectivity index (χ2v) is 7.81. The standard InChI is InChI=1S/C21H24N4O3S/c1-15-6-8-16(9-7-15)22-14-20(27)24-23-19(26)10-11-21(28)25-12-13-29-18-5-3-2-4-17(18)25/h2-9,22H,10-14H2,1H3,(H,23,26)(H,24,27). The van der Waals surface area contributed by atoms with Gasteiger partial charge in [-0.2, -0.15) is 0 Å². The molecule has 2 aromatic rings. The molecule has 7 nitrogen and oxygen atoms in total. The largest absolute Gasteiger partial charge is 0.376 e. The fourth-order valence-electron chi connectivity index (χ4n) is 2.88. The van der Waals surface area contributed by atoms with E-state index in [1.165, 1.54) is 0 Å². The number of para-hydroxylation sites is 1. The van der Waals surface area contributed by atoms with Gasteiger partial charge in [-0.25, -0.2) is 0 Å². The molecular formula is C21H24N4O3S. The first-order valence-corrected chi connectivity index (χ1v) is 10.4. The van der Waals surface area contributed by atoms with E-state index < -0.39 is 5.91 Å². The van der Waals surface area contributed by atoms with Gasteiger partial charge < -0.3 is 10.2 Å². The Bertz CT molecular complexity index is 886. The van der Waals surface area contributed by atoms with Gasteiger partial charge in [0.2, 0.25) is 11.8 Å². The second kappa shape index (κ2) is 9.97. The number of nitrogens with zero attached hydrogens (tertiary/aromatic N) is 1. The van der Waals surface area contributed by atoms with Gasteiger partial charge >= 0.3 is 0 Å². The number of rotatable bonds is 6. The van der Waals surface area contributed by atoms with Crippen molar-refractivity contribution in [2.45, 2.75) is 24.7 Å². The van der Waals surface area contributed by atoms with Crippen LogP contribution in [0.3, 0.4) is 0 Å². The topological polar surface area (TPSA) is 90.5 Å². The first-order valence-electron chi connectivity index (χ1n) is 9.43. The predicted molar refractivity (Wildman–Crippen MR) is 115 cm³/mol. The van der Waals surface area contributed by atoms with Gasteiger partial charge in [-0.1, -0.05) is 29.8 Å². The van der Waals surface area contributed by atoms with E-state index in [0.717, 1.165) is 27.6 Å². The summed E-state index contributed by atoms with van der Waals surface area (Å²) in [6.07, 6.45) is 0.0959. The molecule has 0 spiro atoms. The maximum Gasteiger partial charge on any atom is 0.257 e. The molecule has 3 amide bonds. The molecule has 0 radical (unpaired) electrons. The molecule has 0 unspecified atom stereocenters. The van der Waals surface area contributed by atoms with Gasteiger partial charge in [0.05, 0.1) is 12.2 Å². The molecule has 0 aromatic heterocycles. The first-order chi connectivity index (χ1) is 14.0. The van der Waals surface area contributed by atoms with Crippen molar-refractivity contribution in [3.63, 3.8) is 0 Å². The number of carbonyl (C=O) groups excluding carboxylic acids is 3. The number of amides is 3. The van der Waals surface area contributed by atoms with Crippen molar-refractivity contribution in [2.24, 2.45) is 0 Å². The summed E-state index contributed by atoms with van der Waals surface area (Å²) in [6, 6.07) is 15.4. The number of nitrogens with one attached hydrogen (secondary N) is 3. The lowest BCUT2D eigenvalue weighted by molar-refractivity contribution is -0.129. The molecule has 3 N–H and O–H groups in total. The third-order valence-corrected chi connectivity index (χ3v) is 5.48. The maximum absolute atomic E-state index is 12.5. The lowest BCUT2D eigenvalue weighted by Crippen LogP contribution is -2.44. The van der Waals surface area contributed by atoms with Crippen LogP contribution >= 0.6 is 11.8 Å². The van der Waals surface area contributed by atoms with Crippen LogP contribution in [0.25, 0.3) is 0 Å². The molecule has 2 aromatic carbocycles. The van der Waals surface area contributed by atoms with Crippen molar-refractivity contribution in [1.82, 2.24) is 10.9 Å². The number of benzene rings is 2. The molecule has 1 aliphatic heterocycles. The lowest BCUT2D eigenvalue weighted by Gasteiger charge is -2.29. The molecule has 29 heavy (non-hydrogen) atoms. The Hall–Kier alpha value is -3.00. The number of hydrazine groups is 1. The highest BCUT2D eigenvalue weighted by molar-refractivity contribution is 7.99. The van der Waals surface area contributed by atoms with E-state index in [2.05, 4.69) is 16.2 Å². The summed E-state index contributed by atoms with van der Waals surface area (Å²) < 4.78 is 0. The minimum atomic E-state index is -0.401. The summed E-state index contributed by atoms with van der Waals surface area (Å²) in [6.45, 7) is 2.65. The lowest BCUT2D eigenvalue weighted by atomic mass is 10.2. The fourth-order valence-corrected chi connectivity index (χ4v) is 3.88. The van der Waals surface area contributed by atoms with Crippen molar-refractivity contribution >= 4 is 40.9 Å². The van der Waals surface area contributed by atoms with E-state index in [0.29, 0.717) is 6.54 Å². The Labute approximate surface area is 174 Å². The van der Waals surface area contributed by atoms with Crippen molar-refractivity contribution in [3.8, 4) is 0 Å². The van der Waals surface area contributed by atoms with E-state index in [4.69, 9.17) is 0 Å². The first kappa shape index (κ1) is 20.7. The highest BCUT2D eigenvalue weighted by atomic mass is 32.2. The van der Waals surface area contributed by atoms with Crippen molar-refractivity contribution in [3.05, 3.63) is 54.1 Å². The molecule has 0 bridgehead atoms. The summed E-state index contributed by atoms with van der Waals surface area (Å²) >= 11 is 1.72. The van der Waals surface area contributed by atoms with Crippen LogP contribution < -0.4 is 21.1 Å². The van der Waals surface area contributed by atoms with Gasteiger partial charge in [-0.05, 0) is 31.2 Å². The second-order valence-electron chi connectivity index (χ2n) is 6.68. The number of fused-ring (bicyclic) bond motifs is 1. The van der Waals surface area contributed by atoms with Crippen molar-refractivity contribution in [1.29, 1.82) is 0 Å². The quantitative estimate of drug-likeness (QED) is 0.634. The SMILES string of the molecule is Cc1ccc(NCC(=O)NNC(=O)CCC(=O)N2CCSc3ccccc32)cc1. The Morgan fingerprint density at radius 1 is 0.966 bits per heavy atom. The number of thioether (sulfide) groups is 1. The zero-order valence-corrected chi connectivity index (χ0v) is 17.1. The van der Waals surface area contributed by atoms with Crippen LogP contribution in [-0.4, -0.2) is 36.6 Å². The number of carbonyl (C=O) groups is 3. The monoisotopic (exact) mass is 412 g/mol. The van der Waals surface area contributed by atoms with E-state index in [9.17, 15) is 14.4 Å². The highest BCUT2D eigenvalue weighted by Crippen LogP contribution is 2.34. The molecule has 1 heterocycles. The Balaban J connectivity index is 1.38. The van der Waals surface area contributed by atoms with Crippen LogP contribution in [0.4, 0.5) is 11.4 Å². The molecule has 0 aliphatic carbocycles. The summed E-state index contributed by atoms with van der Waals surface area (Å²) in [4.78, 5) is 39.1. The van der Waals surface area contributed by atoms with E-state index >= 15 is 0 Å². The van der Waals surface area contributed by atoms with E-state index in [1.54, 1.807) is 16.7 Å². The Morgan fingerprint density at radius 3 is 2.48 bits per heavy atom. The average molecular weight is 413 g/mol. The molecule has 152 valence electrons. The molecule has 3 rings (SSSR count). The Morgan fingerprint density at radius 2 is 1.69 bits per heavy atom. The number of hydrogen-bond acceptors (Lipinski definition) is 5. The van der Waals surface area contributed by atoms with Gasteiger partial charge in [0, 0.05) is 35.7 Å². The minimum absolute atomic E-state index is 0.0102. The van der Waals surface area contributed by atoms with E-state index in [1.807, 2.05) is 55.5 Å². The van der Waals surface area contributed by atoms with Gasteiger partial charge in [0.25, 0.3) is 5.91 Å². The van der Waals surface area contributed by atoms with Crippen LogP contribution in [0.2, 0.25) is 0 Å². The maximum atomic E-state index is 12.5. The molecule has 0 saturated heterocycles. The average Bonchev–Trinajstić information content (AvgIpc) is 2.75. The fraction of sp³-hybridized carbons (Fsp3) is 0.286. The van der Waals surface area contributed by atoms with Crippen LogP contribution in [0, 0.1) is 6.92 Å². The van der Waals surface area contributed by atoms with Crippen LogP contribution in [0.15, 0.2) is 53.4 Å². The molecule has 0 atom stereocenters. The van der Waals surface area contributed by atoms with Gasteiger partial charge in [0.15, 0.2) is 0 Å². The third kappa shape index (κ3) is 5.99. The van der Waals surface area contributed by atoms with Crippen molar-refractivity contribution in [2.75, 3.05) is 29.1 Å². The Kier molecular flexibility index (Phi) is 7.13. The smallest absolute Gasteiger partial charge is 0.257 e. The molecule has 0 fully saturated rings.